The Kier molecular flexibility index (Phi) is 9.51. The maximum absolute atomic E-state index is 5.87. The number of nitrogens with zero attached hydrogens (tertiary/aromatic N) is 2. The molecule has 2 N–H and O–H groups in total. The second-order valence-electron chi connectivity index (χ2n) is 8.01. The fourth-order valence-electron chi connectivity index (χ4n) is 2.81. The Balaban J connectivity index is 0.00000341. The van der Waals surface area contributed by atoms with E-state index < -0.39 is 0 Å². The van der Waals surface area contributed by atoms with Gasteiger partial charge in [-0.1, -0.05) is 42.5 Å². The van der Waals surface area contributed by atoms with Crippen LogP contribution in [0.2, 0.25) is 0 Å². The fourth-order valence-corrected chi connectivity index (χ4v) is 2.81. The molecular formula is C24H31IN4O2. The molecule has 166 valence electrons. The molecule has 0 aliphatic rings. The van der Waals surface area contributed by atoms with Crippen molar-refractivity contribution in [2.24, 2.45) is 4.99 Å². The van der Waals surface area contributed by atoms with Crippen molar-refractivity contribution in [3.05, 3.63) is 77.7 Å². The Bertz CT molecular complexity index is 965. The molecule has 2 aromatic carbocycles. The number of hydrogen-bond acceptors (Lipinski definition) is 4. The number of benzene rings is 2. The highest BCUT2D eigenvalue weighted by molar-refractivity contribution is 14.0. The Morgan fingerprint density at radius 2 is 1.71 bits per heavy atom. The first-order valence-corrected chi connectivity index (χ1v) is 10.1. The van der Waals surface area contributed by atoms with E-state index in [-0.39, 0.29) is 29.6 Å². The second kappa shape index (κ2) is 11.9. The van der Waals surface area contributed by atoms with E-state index in [0.29, 0.717) is 31.5 Å². The Morgan fingerprint density at radius 3 is 2.42 bits per heavy atom. The van der Waals surface area contributed by atoms with Crippen molar-refractivity contribution in [3.63, 3.8) is 0 Å². The summed E-state index contributed by atoms with van der Waals surface area (Å²) >= 11 is 0. The van der Waals surface area contributed by atoms with Crippen molar-refractivity contribution in [1.29, 1.82) is 0 Å². The van der Waals surface area contributed by atoms with E-state index in [9.17, 15) is 0 Å². The zero-order valence-electron chi connectivity index (χ0n) is 18.5. The van der Waals surface area contributed by atoms with Crippen molar-refractivity contribution in [2.75, 3.05) is 7.05 Å². The Hall–Kier alpha value is -2.39. The van der Waals surface area contributed by atoms with Crippen LogP contribution in [0.3, 0.4) is 0 Å². The van der Waals surface area contributed by atoms with E-state index in [1.165, 1.54) is 5.56 Å². The third kappa shape index (κ3) is 8.34. The lowest BCUT2D eigenvalue weighted by molar-refractivity contribution is -0.0149. The monoisotopic (exact) mass is 534 g/mol. The molecule has 0 fully saturated rings. The molecule has 1 aromatic heterocycles. The lowest BCUT2D eigenvalue weighted by atomic mass is 10.1. The molecule has 31 heavy (non-hydrogen) atoms. The standard InChI is InChI=1S/C24H30N4O2.HI/c1-24(2,3)30-16-19-10-8-9-18(13-19)14-26-23(25-4)27-15-21-17-29-22(28-21)20-11-6-5-7-12-20;/h5-13,17H,14-16H2,1-4H3,(H2,25,26,27);1H. The van der Waals surface area contributed by atoms with E-state index in [1.807, 2.05) is 30.3 Å². The number of aromatic nitrogens is 1. The fraction of sp³-hybridized carbons (Fsp3) is 0.333. The van der Waals surface area contributed by atoms with Gasteiger partial charge in [0.15, 0.2) is 5.96 Å². The highest BCUT2D eigenvalue weighted by Crippen LogP contribution is 2.17. The van der Waals surface area contributed by atoms with Crippen LogP contribution in [0.1, 0.15) is 37.6 Å². The third-order valence-electron chi connectivity index (χ3n) is 4.36. The molecule has 0 aliphatic carbocycles. The molecule has 0 saturated heterocycles. The van der Waals surface area contributed by atoms with Crippen molar-refractivity contribution >= 4 is 29.9 Å². The molecule has 3 aromatic rings. The van der Waals surface area contributed by atoms with Crippen LogP contribution in [0.25, 0.3) is 11.5 Å². The summed E-state index contributed by atoms with van der Waals surface area (Å²) in [6.45, 7) is 7.97. The maximum atomic E-state index is 5.87. The van der Waals surface area contributed by atoms with E-state index >= 15 is 0 Å². The predicted molar refractivity (Wildman–Crippen MR) is 135 cm³/mol. The zero-order valence-corrected chi connectivity index (χ0v) is 20.8. The number of halogens is 1. The largest absolute Gasteiger partial charge is 0.444 e. The van der Waals surface area contributed by atoms with Crippen molar-refractivity contribution < 1.29 is 9.15 Å². The molecule has 0 bridgehead atoms. The third-order valence-corrected chi connectivity index (χ3v) is 4.36. The van der Waals surface area contributed by atoms with Crippen molar-refractivity contribution in [1.82, 2.24) is 15.6 Å². The molecule has 0 atom stereocenters. The van der Waals surface area contributed by atoms with E-state index in [0.717, 1.165) is 16.8 Å². The summed E-state index contributed by atoms with van der Waals surface area (Å²) in [4.78, 5) is 8.82. The first-order chi connectivity index (χ1) is 14.4. The first kappa shape index (κ1) is 24.9. The number of rotatable bonds is 7. The second-order valence-corrected chi connectivity index (χ2v) is 8.01. The molecule has 0 spiro atoms. The highest BCUT2D eigenvalue weighted by Gasteiger charge is 2.10. The summed E-state index contributed by atoms with van der Waals surface area (Å²) in [7, 11) is 1.75. The van der Waals surface area contributed by atoms with Crippen LogP contribution in [0.4, 0.5) is 0 Å². The van der Waals surface area contributed by atoms with E-state index in [2.05, 4.69) is 65.6 Å². The number of aliphatic imine (C=N–C) groups is 1. The van der Waals surface area contributed by atoms with Gasteiger partial charge < -0.3 is 19.8 Å². The van der Waals surface area contributed by atoms with Crippen molar-refractivity contribution in [2.45, 2.75) is 46.1 Å². The van der Waals surface area contributed by atoms with Crippen LogP contribution in [-0.2, 0) is 24.4 Å². The van der Waals surface area contributed by atoms with Crippen molar-refractivity contribution in [3.8, 4) is 11.5 Å². The zero-order chi connectivity index (χ0) is 21.4. The van der Waals surface area contributed by atoms with Crippen LogP contribution in [0, 0.1) is 0 Å². The summed E-state index contributed by atoms with van der Waals surface area (Å²) in [5.74, 6) is 1.32. The SMILES string of the molecule is CN=C(NCc1cccc(COC(C)(C)C)c1)NCc1coc(-c2ccccc2)n1.I. The molecule has 0 radical (unpaired) electrons. The van der Waals surface area contributed by atoms with Crippen LogP contribution >= 0.6 is 24.0 Å². The molecule has 1 heterocycles. The van der Waals surface area contributed by atoms with Crippen LogP contribution in [-0.4, -0.2) is 23.6 Å². The normalized spacial score (nSPS) is 11.7. The Labute approximate surface area is 201 Å². The summed E-state index contributed by atoms with van der Waals surface area (Å²) in [5.41, 5.74) is 3.95. The summed E-state index contributed by atoms with van der Waals surface area (Å²) in [5, 5.41) is 6.61. The first-order valence-electron chi connectivity index (χ1n) is 10.1. The number of oxazole rings is 1. The van der Waals surface area contributed by atoms with Crippen LogP contribution in [0.5, 0.6) is 0 Å². The van der Waals surface area contributed by atoms with Crippen LogP contribution < -0.4 is 10.6 Å². The molecular weight excluding hydrogens is 503 g/mol. The van der Waals surface area contributed by atoms with Gasteiger partial charge in [-0.25, -0.2) is 4.98 Å². The number of guanidine groups is 1. The molecule has 7 heteroatoms. The molecule has 0 unspecified atom stereocenters. The minimum atomic E-state index is -0.151. The summed E-state index contributed by atoms with van der Waals surface area (Å²) in [6, 6.07) is 18.2. The van der Waals surface area contributed by atoms with Gasteiger partial charge in [-0.2, -0.15) is 0 Å². The average molecular weight is 534 g/mol. The highest BCUT2D eigenvalue weighted by atomic mass is 127. The molecule has 0 amide bonds. The molecule has 6 nitrogen and oxygen atoms in total. The van der Waals surface area contributed by atoms with Gasteiger partial charge in [-0.3, -0.25) is 4.99 Å². The van der Waals surface area contributed by atoms with Gasteiger partial charge in [0.25, 0.3) is 0 Å². The minimum Gasteiger partial charge on any atom is -0.444 e. The van der Waals surface area contributed by atoms with Gasteiger partial charge in [0.1, 0.15) is 6.26 Å². The lowest BCUT2D eigenvalue weighted by Crippen LogP contribution is -2.36. The van der Waals surface area contributed by atoms with Gasteiger partial charge in [-0.05, 0) is 44.0 Å². The van der Waals surface area contributed by atoms with E-state index in [1.54, 1.807) is 13.3 Å². The van der Waals surface area contributed by atoms with Gasteiger partial charge in [0.05, 0.1) is 24.4 Å². The molecule has 3 rings (SSSR count). The lowest BCUT2D eigenvalue weighted by Gasteiger charge is -2.19. The predicted octanol–water partition coefficient (Wildman–Crippen LogP) is 5.14. The number of hydrogen-bond donors (Lipinski definition) is 2. The van der Waals surface area contributed by atoms with Gasteiger partial charge in [0.2, 0.25) is 5.89 Å². The van der Waals surface area contributed by atoms with E-state index in [4.69, 9.17) is 9.15 Å². The topological polar surface area (TPSA) is 71.7 Å². The number of nitrogens with one attached hydrogen (secondary N) is 2. The molecule has 0 saturated carbocycles. The smallest absolute Gasteiger partial charge is 0.226 e. The quantitative estimate of drug-likeness (QED) is 0.250. The van der Waals surface area contributed by atoms with Gasteiger partial charge >= 0.3 is 0 Å². The summed E-state index contributed by atoms with van der Waals surface area (Å²) in [6.07, 6.45) is 1.67. The maximum Gasteiger partial charge on any atom is 0.226 e. The van der Waals surface area contributed by atoms with Gasteiger partial charge in [-0.15, -0.1) is 24.0 Å². The Morgan fingerprint density at radius 1 is 1.00 bits per heavy atom. The number of ether oxygens (including phenoxy) is 1. The average Bonchev–Trinajstić information content (AvgIpc) is 3.22. The van der Waals surface area contributed by atoms with Gasteiger partial charge in [0, 0.05) is 19.2 Å². The van der Waals surface area contributed by atoms with Crippen LogP contribution in [0.15, 0.2) is 70.3 Å². The molecule has 0 aliphatic heterocycles. The minimum absolute atomic E-state index is 0. The summed E-state index contributed by atoms with van der Waals surface area (Å²) < 4.78 is 11.4.